The predicted molar refractivity (Wildman–Crippen MR) is 160 cm³/mol. The monoisotopic (exact) mass is 555 g/mol. The predicted octanol–water partition coefficient (Wildman–Crippen LogP) is 7.32. The average Bonchev–Trinajstić information content (AvgIpc) is 2.94. The number of ether oxygens (including phenoxy) is 2. The van der Waals surface area contributed by atoms with Gasteiger partial charge in [0.1, 0.15) is 23.0 Å². The SMILES string of the molecule is C/C=C(\O/C=N/c1ccc2c(=O)n(-c3ccc(F)cc3)c(CCCCC(=O)OC(C)(C)C)nc2c1)c1ccccc1. The molecule has 0 radical (unpaired) electrons. The highest BCUT2D eigenvalue weighted by Crippen LogP contribution is 2.22. The molecule has 4 aromatic rings. The first-order chi connectivity index (χ1) is 19.6. The fourth-order valence-electron chi connectivity index (χ4n) is 4.32. The van der Waals surface area contributed by atoms with E-state index >= 15 is 0 Å². The zero-order valence-corrected chi connectivity index (χ0v) is 23.8. The summed E-state index contributed by atoms with van der Waals surface area (Å²) in [4.78, 5) is 35.0. The van der Waals surface area contributed by atoms with Crippen molar-refractivity contribution in [1.29, 1.82) is 0 Å². The minimum absolute atomic E-state index is 0.266. The van der Waals surface area contributed by atoms with Crippen molar-refractivity contribution < 1.29 is 18.7 Å². The summed E-state index contributed by atoms with van der Waals surface area (Å²) in [5.74, 6) is 0.519. The van der Waals surface area contributed by atoms with Gasteiger partial charge < -0.3 is 9.47 Å². The van der Waals surface area contributed by atoms with Crippen molar-refractivity contribution >= 4 is 34.7 Å². The minimum Gasteiger partial charge on any atom is -0.460 e. The second-order valence-electron chi connectivity index (χ2n) is 10.5. The Morgan fingerprint density at radius 3 is 2.44 bits per heavy atom. The van der Waals surface area contributed by atoms with Crippen molar-refractivity contribution in [2.75, 3.05) is 0 Å². The topological polar surface area (TPSA) is 82.8 Å². The van der Waals surface area contributed by atoms with Gasteiger partial charge in [0.05, 0.1) is 22.3 Å². The molecule has 7 nitrogen and oxygen atoms in total. The first kappa shape index (κ1) is 29.4. The van der Waals surface area contributed by atoms with Gasteiger partial charge in [-0.05, 0) is 89.1 Å². The van der Waals surface area contributed by atoms with Crippen molar-refractivity contribution in [3.63, 3.8) is 0 Å². The number of carbonyl (C=O) groups excluding carboxylic acids is 1. The van der Waals surface area contributed by atoms with Gasteiger partial charge in [-0.3, -0.25) is 14.2 Å². The molecule has 0 aliphatic rings. The Balaban J connectivity index is 1.59. The molecule has 0 bridgehead atoms. The molecule has 0 amide bonds. The van der Waals surface area contributed by atoms with Gasteiger partial charge in [0.25, 0.3) is 5.56 Å². The smallest absolute Gasteiger partial charge is 0.306 e. The van der Waals surface area contributed by atoms with Crippen molar-refractivity contribution in [1.82, 2.24) is 9.55 Å². The number of aryl methyl sites for hydroxylation is 1. The quantitative estimate of drug-likeness (QED) is 0.0673. The second kappa shape index (κ2) is 13.2. The lowest BCUT2D eigenvalue weighted by Crippen LogP contribution is -2.24. The Bertz CT molecular complexity index is 1620. The molecule has 1 aromatic heterocycles. The van der Waals surface area contributed by atoms with Gasteiger partial charge in [-0.25, -0.2) is 14.4 Å². The third-order valence-electron chi connectivity index (χ3n) is 6.16. The van der Waals surface area contributed by atoms with Crippen LogP contribution in [0.15, 0.2) is 88.7 Å². The number of hydrogen-bond donors (Lipinski definition) is 0. The van der Waals surface area contributed by atoms with Gasteiger partial charge in [0.15, 0.2) is 6.40 Å². The van der Waals surface area contributed by atoms with Crippen LogP contribution < -0.4 is 5.56 Å². The zero-order chi connectivity index (χ0) is 29.4. The van der Waals surface area contributed by atoms with Crippen molar-refractivity contribution in [2.24, 2.45) is 4.99 Å². The number of benzene rings is 3. The van der Waals surface area contributed by atoms with Gasteiger partial charge in [-0.15, -0.1) is 0 Å². The number of hydrogen-bond acceptors (Lipinski definition) is 6. The van der Waals surface area contributed by atoms with Gasteiger partial charge in [0, 0.05) is 18.4 Å². The molecule has 8 heteroatoms. The molecule has 41 heavy (non-hydrogen) atoms. The Hall–Kier alpha value is -4.59. The van der Waals surface area contributed by atoms with Crippen LogP contribution >= 0.6 is 0 Å². The van der Waals surface area contributed by atoms with Crippen LogP contribution in [0.25, 0.3) is 22.3 Å². The molecule has 0 spiro atoms. The number of esters is 1. The number of allylic oxidation sites excluding steroid dienone is 1. The van der Waals surface area contributed by atoms with Crippen LogP contribution in [-0.2, 0) is 20.7 Å². The van der Waals surface area contributed by atoms with E-state index in [1.165, 1.54) is 23.1 Å². The van der Waals surface area contributed by atoms with Crippen LogP contribution in [0.2, 0.25) is 0 Å². The van der Waals surface area contributed by atoms with Crippen LogP contribution in [0.3, 0.4) is 0 Å². The summed E-state index contributed by atoms with van der Waals surface area (Å²) < 4.78 is 26.3. The van der Waals surface area contributed by atoms with Crippen LogP contribution in [0.5, 0.6) is 0 Å². The molecule has 0 atom stereocenters. The van der Waals surface area contributed by atoms with Crippen LogP contribution in [0, 0.1) is 5.82 Å². The summed E-state index contributed by atoms with van der Waals surface area (Å²) in [6, 6.07) is 20.6. The maximum absolute atomic E-state index is 13.6. The number of rotatable bonds is 10. The van der Waals surface area contributed by atoms with E-state index in [0.29, 0.717) is 53.1 Å². The van der Waals surface area contributed by atoms with Crippen molar-refractivity contribution in [3.8, 4) is 5.69 Å². The molecule has 0 fully saturated rings. The molecule has 0 N–H and O–H groups in total. The summed E-state index contributed by atoms with van der Waals surface area (Å²) in [5, 5.41) is 0.408. The van der Waals surface area contributed by atoms with E-state index in [2.05, 4.69) is 4.99 Å². The van der Waals surface area contributed by atoms with Gasteiger partial charge in [0.2, 0.25) is 0 Å². The Labute approximate surface area is 239 Å². The number of carbonyl (C=O) groups is 1. The fraction of sp³-hybridized carbons (Fsp3) is 0.273. The van der Waals surface area contributed by atoms with Crippen LogP contribution in [0.1, 0.15) is 58.3 Å². The van der Waals surface area contributed by atoms with E-state index in [9.17, 15) is 14.0 Å². The zero-order valence-electron chi connectivity index (χ0n) is 23.8. The number of halogens is 1. The van der Waals surface area contributed by atoms with Gasteiger partial charge in [-0.1, -0.05) is 30.3 Å². The van der Waals surface area contributed by atoms with Crippen LogP contribution in [0.4, 0.5) is 10.1 Å². The normalized spacial score (nSPS) is 12.2. The molecule has 4 rings (SSSR count). The van der Waals surface area contributed by atoms with Crippen LogP contribution in [-0.4, -0.2) is 27.5 Å². The summed E-state index contributed by atoms with van der Waals surface area (Å²) >= 11 is 0. The highest BCUT2D eigenvalue weighted by Gasteiger charge is 2.17. The first-order valence-electron chi connectivity index (χ1n) is 13.6. The molecule has 3 aromatic carbocycles. The van der Waals surface area contributed by atoms with E-state index in [1.807, 2.05) is 64.1 Å². The van der Waals surface area contributed by atoms with Crippen molar-refractivity contribution in [3.05, 3.63) is 106 Å². The first-order valence-corrected chi connectivity index (χ1v) is 13.6. The second-order valence-corrected chi connectivity index (χ2v) is 10.5. The maximum atomic E-state index is 13.6. The standard InChI is InChI=1S/C33H34FN3O4/c1-5-29(23-11-7-6-8-12-23)40-22-35-25-17-20-27-28(21-25)36-30(13-9-10-14-31(38)41-33(2,3)4)37(32(27)39)26-18-15-24(34)16-19-26/h5-8,11-12,15-22H,9-10,13-14H2,1-4H3/b29-5-,35-22+. The lowest BCUT2D eigenvalue weighted by molar-refractivity contribution is -0.154. The molecule has 0 aliphatic heterocycles. The molecule has 0 saturated heterocycles. The number of aliphatic imine (C=N–C) groups is 1. The van der Waals surface area contributed by atoms with E-state index in [4.69, 9.17) is 14.5 Å². The average molecular weight is 556 g/mol. The molecule has 212 valence electrons. The maximum Gasteiger partial charge on any atom is 0.306 e. The lowest BCUT2D eigenvalue weighted by Gasteiger charge is -2.19. The van der Waals surface area contributed by atoms with Gasteiger partial charge in [-0.2, -0.15) is 0 Å². The Morgan fingerprint density at radius 2 is 1.76 bits per heavy atom. The number of fused-ring (bicyclic) bond motifs is 1. The van der Waals surface area contributed by atoms with E-state index in [-0.39, 0.29) is 17.9 Å². The highest BCUT2D eigenvalue weighted by atomic mass is 19.1. The van der Waals surface area contributed by atoms with Crippen molar-refractivity contribution in [2.45, 2.75) is 59.0 Å². The number of nitrogens with zero attached hydrogens (tertiary/aromatic N) is 3. The molecule has 0 aliphatic carbocycles. The minimum atomic E-state index is -0.540. The summed E-state index contributed by atoms with van der Waals surface area (Å²) in [6.07, 6.45) is 5.10. The lowest BCUT2D eigenvalue weighted by atomic mass is 10.1. The third kappa shape index (κ3) is 7.97. The van der Waals surface area contributed by atoms with E-state index in [0.717, 1.165) is 5.56 Å². The summed E-state index contributed by atoms with van der Waals surface area (Å²) in [7, 11) is 0. The molecular weight excluding hydrogens is 521 g/mol. The van der Waals surface area contributed by atoms with Gasteiger partial charge >= 0.3 is 5.97 Å². The third-order valence-corrected chi connectivity index (χ3v) is 6.16. The molecule has 0 unspecified atom stereocenters. The summed E-state index contributed by atoms with van der Waals surface area (Å²) in [6.45, 7) is 7.38. The largest absolute Gasteiger partial charge is 0.460 e. The van der Waals surface area contributed by atoms with E-state index in [1.54, 1.807) is 30.3 Å². The number of aromatic nitrogens is 2. The number of unbranched alkanes of at least 4 members (excludes halogenated alkanes) is 1. The molecular formula is C33H34FN3O4. The Kier molecular flexibility index (Phi) is 9.45. The molecule has 0 saturated carbocycles. The summed E-state index contributed by atoms with van der Waals surface area (Å²) in [5.41, 5.74) is 1.70. The molecule has 1 heterocycles. The Morgan fingerprint density at radius 1 is 1.02 bits per heavy atom. The fourth-order valence-corrected chi connectivity index (χ4v) is 4.32. The van der Waals surface area contributed by atoms with E-state index < -0.39 is 11.4 Å². The highest BCUT2D eigenvalue weighted by molar-refractivity contribution is 5.82.